The van der Waals surface area contributed by atoms with E-state index in [1.54, 1.807) is 13.8 Å². The lowest BCUT2D eigenvalue weighted by Gasteiger charge is -2.43. The smallest absolute Gasteiger partial charge is 0.323 e. The number of carbonyl (C=O) groups is 2. The summed E-state index contributed by atoms with van der Waals surface area (Å²) in [4.78, 5) is 24.2. The molecule has 0 bridgehead atoms. The molecule has 22 heavy (non-hydrogen) atoms. The van der Waals surface area contributed by atoms with Crippen LogP contribution in [0.1, 0.15) is 33.1 Å². The zero-order chi connectivity index (χ0) is 16.8. The quantitative estimate of drug-likeness (QED) is 0.554. The van der Waals surface area contributed by atoms with Gasteiger partial charge >= 0.3 is 11.9 Å². The first-order valence-electron chi connectivity index (χ1n) is 8.02. The van der Waals surface area contributed by atoms with Crippen molar-refractivity contribution in [1.82, 2.24) is 0 Å². The third-order valence-corrected chi connectivity index (χ3v) is 7.87. The molecule has 0 radical (unpaired) electrons. The van der Waals surface area contributed by atoms with Crippen molar-refractivity contribution in [3.63, 3.8) is 0 Å². The molecular weight excluding hydrogens is 298 g/mol. The number of hydrogen-bond donors (Lipinski definition) is 0. The fraction of sp³-hybridized carbons (Fsp3) is 0.812. The predicted molar refractivity (Wildman–Crippen MR) is 85.7 cm³/mol. The van der Waals surface area contributed by atoms with E-state index in [1.165, 1.54) is 0 Å². The molecule has 1 rings (SSSR count). The van der Waals surface area contributed by atoms with Gasteiger partial charge in [0.1, 0.15) is 5.92 Å². The van der Waals surface area contributed by atoms with Crippen LogP contribution in [-0.2, 0) is 19.1 Å². The molecule has 0 saturated carbocycles. The maximum absolute atomic E-state index is 12.2. The van der Waals surface area contributed by atoms with Crippen molar-refractivity contribution in [3.05, 3.63) is 0 Å². The molecular formula is C16H27NO4Si. The molecule has 1 heterocycles. The molecule has 5 nitrogen and oxygen atoms in total. The van der Waals surface area contributed by atoms with E-state index in [0.29, 0.717) is 6.61 Å². The normalized spacial score (nSPS) is 20.5. The lowest BCUT2D eigenvalue weighted by atomic mass is 9.69. The Morgan fingerprint density at radius 2 is 1.73 bits per heavy atom. The van der Waals surface area contributed by atoms with Crippen molar-refractivity contribution >= 4 is 20.0 Å². The lowest BCUT2D eigenvalue weighted by Crippen LogP contribution is -2.45. The Kier molecular flexibility index (Phi) is 6.60. The second-order valence-electron chi connectivity index (χ2n) is 6.82. The van der Waals surface area contributed by atoms with Gasteiger partial charge in [0.2, 0.25) is 0 Å². The number of rotatable bonds is 6. The molecule has 0 aliphatic carbocycles. The van der Waals surface area contributed by atoms with Gasteiger partial charge in [0.25, 0.3) is 0 Å². The van der Waals surface area contributed by atoms with Gasteiger partial charge < -0.3 is 9.47 Å². The maximum atomic E-state index is 12.2. The SMILES string of the molecule is CCOC(=O)CC1(C(C#N)C(=O)OCC)CC[Si](C)(C)CC1. The van der Waals surface area contributed by atoms with Gasteiger partial charge in [-0.2, -0.15) is 5.26 Å². The monoisotopic (exact) mass is 325 g/mol. The Bertz CT molecular complexity index is 446. The topological polar surface area (TPSA) is 76.4 Å². The van der Waals surface area contributed by atoms with Gasteiger partial charge in [0.15, 0.2) is 0 Å². The number of esters is 2. The van der Waals surface area contributed by atoms with Crippen molar-refractivity contribution in [1.29, 1.82) is 5.26 Å². The van der Waals surface area contributed by atoms with Crippen LogP contribution in [0.3, 0.4) is 0 Å². The fourth-order valence-corrected chi connectivity index (χ4v) is 5.76. The first kappa shape index (κ1) is 18.7. The van der Waals surface area contributed by atoms with Crippen molar-refractivity contribution in [3.8, 4) is 6.07 Å². The highest BCUT2D eigenvalue weighted by molar-refractivity contribution is 6.77. The summed E-state index contributed by atoms with van der Waals surface area (Å²) < 4.78 is 10.1. The second kappa shape index (κ2) is 7.77. The maximum Gasteiger partial charge on any atom is 0.323 e. The van der Waals surface area contributed by atoms with Crippen molar-refractivity contribution in [2.24, 2.45) is 11.3 Å². The van der Waals surface area contributed by atoms with Gasteiger partial charge in [-0.15, -0.1) is 0 Å². The van der Waals surface area contributed by atoms with Gasteiger partial charge in [0.05, 0.1) is 25.7 Å². The van der Waals surface area contributed by atoms with Gasteiger partial charge in [0, 0.05) is 13.5 Å². The van der Waals surface area contributed by atoms with Crippen LogP contribution in [0.25, 0.3) is 0 Å². The van der Waals surface area contributed by atoms with Crippen LogP contribution in [0.15, 0.2) is 0 Å². The predicted octanol–water partition coefficient (Wildman–Crippen LogP) is 3.13. The van der Waals surface area contributed by atoms with E-state index in [0.717, 1.165) is 24.9 Å². The van der Waals surface area contributed by atoms with Crippen molar-refractivity contribution in [2.75, 3.05) is 13.2 Å². The lowest BCUT2D eigenvalue weighted by molar-refractivity contribution is -0.154. The van der Waals surface area contributed by atoms with Crippen LogP contribution in [0.5, 0.6) is 0 Å². The van der Waals surface area contributed by atoms with E-state index in [9.17, 15) is 14.9 Å². The van der Waals surface area contributed by atoms with Crippen LogP contribution in [-0.4, -0.2) is 33.2 Å². The molecule has 0 N–H and O–H groups in total. The fourth-order valence-electron chi connectivity index (χ4n) is 3.16. The Hall–Kier alpha value is -1.35. The summed E-state index contributed by atoms with van der Waals surface area (Å²) >= 11 is 0. The molecule has 0 aromatic carbocycles. The molecule has 6 heteroatoms. The van der Waals surface area contributed by atoms with Gasteiger partial charge in [-0.05, 0) is 26.7 Å². The summed E-state index contributed by atoms with van der Waals surface area (Å²) in [5, 5.41) is 9.52. The summed E-state index contributed by atoms with van der Waals surface area (Å²) in [6.45, 7) is 8.66. The zero-order valence-electron chi connectivity index (χ0n) is 14.1. The van der Waals surface area contributed by atoms with E-state index in [4.69, 9.17) is 9.47 Å². The number of carbonyl (C=O) groups excluding carboxylic acids is 2. The Labute approximate surface area is 134 Å². The van der Waals surface area contributed by atoms with Gasteiger partial charge in [-0.3, -0.25) is 9.59 Å². The van der Waals surface area contributed by atoms with Crippen LogP contribution in [0, 0.1) is 22.7 Å². The summed E-state index contributed by atoms with van der Waals surface area (Å²) in [6, 6.07) is 4.14. The van der Waals surface area contributed by atoms with E-state index >= 15 is 0 Å². The Morgan fingerprint density at radius 3 is 2.18 bits per heavy atom. The molecule has 1 aliphatic rings. The number of hydrogen-bond acceptors (Lipinski definition) is 5. The summed E-state index contributed by atoms with van der Waals surface area (Å²) in [6.07, 6.45) is 1.58. The number of nitrogens with zero attached hydrogens (tertiary/aromatic N) is 1. The highest BCUT2D eigenvalue weighted by Crippen LogP contribution is 2.49. The van der Waals surface area contributed by atoms with Crippen LogP contribution in [0.2, 0.25) is 25.2 Å². The summed E-state index contributed by atoms with van der Waals surface area (Å²) in [7, 11) is -1.27. The zero-order valence-corrected chi connectivity index (χ0v) is 15.1. The van der Waals surface area contributed by atoms with Gasteiger partial charge in [-0.25, -0.2) is 0 Å². The van der Waals surface area contributed by atoms with E-state index in [-0.39, 0.29) is 19.0 Å². The van der Waals surface area contributed by atoms with Crippen molar-refractivity contribution < 1.29 is 19.1 Å². The second-order valence-corrected chi connectivity index (χ2v) is 12.2. The highest BCUT2D eigenvalue weighted by atomic mass is 28.3. The summed E-state index contributed by atoms with van der Waals surface area (Å²) in [5.41, 5.74) is -0.629. The average Bonchev–Trinajstić information content (AvgIpc) is 2.43. The molecule has 0 aromatic heterocycles. The molecule has 0 amide bonds. The molecule has 124 valence electrons. The van der Waals surface area contributed by atoms with Crippen LogP contribution < -0.4 is 0 Å². The summed E-state index contributed by atoms with van der Waals surface area (Å²) in [5.74, 6) is -1.72. The molecule has 0 aromatic rings. The molecule has 1 aliphatic heterocycles. The van der Waals surface area contributed by atoms with Gasteiger partial charge in [-0.1, -0.05) is 25.2 Å². The Morgan fingerprint density at radius 1 is 1.18 bits per heavy atom. The number of ether oxygens (including phenoxy) is 2. The van der Waals surface area contributed by atoms with Crippen LogP contribution >= 0.6 is 0 Å². The molecule has 1 atom stereocenters. The van der Waals surface area contributed by atoms with E-state index < -0.39 is 25.4 Å². The minimum Gasteiger partial charge on any atom is -0.466 e. The number of nitriles is 1. The standard InChI is InChI=1S/C16H27NO4Si/c1-5-20-14(18)11-16(7-9-22(3,4)10-8-16)13(12-17)15(19)21-6-2/h13H,5-11H2,1-4H3. The molecule has 1 unspecified atom stereocenters. The van der Waals surface area contributed by atoms with E-state index in [1.807, 2.05) is 0 Å². The first-order chi connectivity index (χ1) is 10.3. The average molecular weight is 325 g/mol. The van der Waals surface area contributed by atoms with Crippen LogP contribution in [0.4, 0.5) is 0 Å². The Balaban J connectivity index is 3.02. The highest BCUT2D eigenvalue weighted by Gasteiger charge is 2.49. The minimum absolute atomic E-state index is 0.127. The third kappa shape index (κ3) is 4.57. The largest absolute Gasteiger partial charge is 0.466 e. The van der Waals surface area contributed by atoms with Crippen molar-refractivity contribution in [2.45, 2.75) is 58.3 Å². The molecule has 1 saturated heterocycles. The minimum atomic E-state index is -1.27. The third-order valence-electron chi connectivity index (χ3n) is 4.66. The molecule has 0 spiro atoms. The first-order valence-corrected chi connectivity index (χ1v) is 11.4. The van der Waals surface area contributed by atoms with E-state index in [2.05, 4.69) is 19.2 Å². The molecule has 1 fully saturated rings.